The third-order valence-corrected chi connectivity index (χ3v) is 25.2. The first-order valence-electron chi connectivity index (χ1n) is 41.1. The second-order valence-electron chi connectivity index (χ2n) is 31.4. The summed E-state index contributed by atoms with van der Waals surface area (Å²) in [6.07, 6.45) is 0. The molecule has 0 aliphatic carbocycles. The Morgan fingerprint density at radius 2 is 0.400 bits per heavy atom. The van der Waals surface area contributed by atoms with Crippen LogP contribution in [-0.4, -0.2) is 17.2 Å². The molecule has 0 heterocycles. The van der Waals surface area contributed by atoms with Crippen molar-refractivity contribution in [2.45, 2.75) is 0 Å². The van der Waals surface area contributed by atoms with Gasteiger partial charge in [0.05, 0.1) is 0 Å². The summed E-state index contributed by atoms with van der Waals surface area (Å²) in [5.74, 6) is 0. The lowest BCUT2D eigenvalue weighted by Crippen LogP contribution is -2.31. The first kappa shape index (κ1) is 71.9. The van der Waals surface area contributed by atoms with Gasteiger partial charge in [0.2, 0.25) is 0 Å². The summed E-state index contributed by atoms with van der Waals surface area (Å²) in [7, 11) is -1.54. The van der Waals surface area contributed by atoms with Crippen LogP contribution in [0.3, 0.4) is 0 Å². The Labute approximate surface area is 703 Å². The summed E-state index contributed by atoms with van der Waals surface area (Å²) in [5.41, 5.74) is 17.5. The highest BCUT2D eigenvalue weighted by Gasteiger charge is 2.25. The second kappa shape index (κ2) is 30.1. The van der Waals surface area contributed by atoms with Gasteiger partial charge in [-0.05, 0) is 289 Å². The van der Waals surface area contributed by atoms with Crippen LogP contribution in [0.15, 0.2) is 441 Å². The van der Waals surface area contributed by atoms with Gasteiger partial charge in [0.15, 0.2) is 0 Å². The first-order chi connectivity index (χ1) is 59.3. The smallest absolute Gasteiger partial charge is 0.423 e. The molecule has 0 saturated heterocycles. The topological polar surface area (TPSA) is 40.5 Å². The van der Waals surface area contributed by atoms with Gasteiger partial charge in [0, 0.05) is 4.47 Å². The summed E-state index contributed by atoms with van der Waals surface area (Å²) >= 11 is 3.65. The van der Waals surface area contributed by atoms with Gasteiger partial charge in [-0.15, -0.1) is 0 Å². The highest BCUT2D eigenvalue weighted by Crippen LogP contribution is 2.49. The normalized spacial score (nSPS) is 11.6. The Kier molecular flexibility index (Phi) is 18.1. The van der Waals surface area contributed by atoms with Crippen LogP contribution in [0.4, 0.5) is 0 Å². The number of hydrogen-bond acceptors (Lipinski definition) is 2. The van der Waals surface area contributed by atoms with E-state index in [1.54, 1.807) is 0 Å². The number of fused-ring (bicyclic) bond motifs is 22. The van der Waals surface area contributed by atoms with Crippen molar-refractivity contribution in [3.05, 3.63) is 441 Å². The van der Waals surface area contributed by atoms with Crippen molar-refractivity contribution in [2.24, 2.45) is 0 Å². The summed E-state index contributed by atoms with van der Waals surface area (Å²) in [6, 6.07) is 158. The number of halogens is 1. The van der Waals surface area contributed by atoms with Crippen LogP contribution >= 0.6 is 15.9 Å². The van der Waals surface area contributed by atoms with Crippen molar-refractivity contribution in [3.63, 3.8) is 0 Å². The Bertz CT molecular complexity index is 8190. The molecule has 24 aromatic carbocycles. The van der Waals surface area contributed by atoms with Crippen molar-refractivity contribution in [3.8, 4) is 77.9 Å². The van der Waals surface area contributed by atoms with E-state index >= 15 is 0 Å². The van der Waals surface area contributed by atoms with Crippen molar-refractivity contribution in [1.82, 2.24) is 0 Å². The Morgan fingerprint density at radius 1 is 0.158 bits per heavy atom. The molecule has 120 heavy (non-hydrogen) atoms. The van der Waals surface area contributed by atoms with E-state index in [2.05, 4.69) is 416 Å². The van der Waals surface area contributed by atoms with Crippen LogP contribution < -0.4 is 5.46 Å². The van der Waals surface area contributed by atoms with Crippen LogP contribution in [0.25, 0.3) is 229 Å². The molecule has 24 rings (SSSR count). The van der Waals surface area contributed by atoms with E-state index in [0.717, 1.165) is 42.7 Å². The zero-order valence-corrected chi connectivity index (χ0v) is 67.0. The minimum absolute atomic E-state index is 0.552. The van der Waals surface area contributed by atoms with Crippen LogP contribution in [0.5, 0.6) is 0 Å². The highest BCUT2D eigenvalue weighted by atomic mass is 79.9. The zero-order valence-electron chi connectivity index (χ0n) is 65.4. The van der Waals surface area contributed by atoms with E-state index < -0.39 is 7.12 Å². The molecule has 24 aromatic rings. The number of hydrogen-bond donors (Lipinski definition) is 2. The highest BCUT2D eigenvalue weighted by molar-refractivity contribution is 9.10. The maximum absolute atomic E-state index is 10.2. The standard InChI is InChI=1S/C58H36.C30H21BO2.C28H17Br/c1-2-16-38-33-40(32-31-37(38)15-1)39-17-13-19-42(34-39)56-50-27-9-11-29-52(50)57(53-30-12-10-28-51(53)56)43-20-14-18-41(35-43)54-36-55-46-23-4-3-21-44(46)45-22-5-7-25-48(45)58(55)49-26-8-6-24-47(49)54;32-31(33)30-27-14-5-3-12-25(27)29(26-13-4-6-15-28(26)30)24-11-7-10-22(19-24)23-17-16-20-8-1-2-9-21(20)18-23;29-19-9-7-8-18(16-19)26-17-27-22-12-2-1-10-20(22)21-11-3-5-14-24(21)28(27)25-15-6-4-13-23(25)26/h1-36H;1-19,32-33H;1-17H. The third-order valence-electron chi connectivity index (χ3n) is 24.7. The molecule has 0 aliphatic heterocycles. The van der Waals surface area contributed by atoms with Crippen molar-refractivity contribution >= 4 is 179 Å². The molecule has 2 nitrogen and oxygen atoms in total. The maximum atomic E-state index is 10.2. The summed E-state index contributed by atoms with van der Waals surface area (Å²) in [5, 5.41) is 55.0. The lowest BCUT2D eigenvalue weighted by atomic mass is 9.72. The molecule has 0 bridgehead atoms. The van der Waals surface area contributed by atoms with E-state index in [1.165, 1.54) is 190 Å². The van der Waals surface area contributed by atoms with Crippen LogP contribution in [0, 0.1) is 0 Å². The largest absolute Gasteiger partial charge is 0.489 e. The predicted molar refractivity (Wildman–Crippen MR) is 520 cm³/mol. The molecule has 0 saturated carbocycles. The maximum Gasteiger partial charge on any atom is 0.489 e. The lowest BCUT2D eigenvalue weighted by Gasteiger charge is -2.19. The van der Waals surface area contributed by atoms with Gasteiger partial charge < -0.3 is 10.0 Å². The molecule has 0 radical (unpaired) electrons. The minimum atomic E-state index is -1.54. The number of rotatable bonds is 8. The van der Waals surface area contributed by atoms with E-state index in [-0.39, 0.29) is 0 Å². The van der Waals surface area contributed by atoms with Gasteiger partial charge in [0.25, 0.3) is 0 Å². The van der Waals surface area contributed by atoms with E-state index in [1.807, 2.05) is 36.4 Å². The molecule has 0 aromatic heterocycles. The van der Waals surface area contributed by atoms with Gasteiger partial charge >= 0.3 is 7.12 Å². The van der Waals surface area contributed by atoms with Crippen molar-refractivity contribution in [1.29, 1.82) is 0 Å². The molecule has 0 aliphatic rings. The second-order valence-corrected chi connectivity index (χ2v) is 32.4. The quantitative estimate of drug-likeness (QED) is 0.0904. The minimum Gasteiger partial charge on any atom is -0.423 e. The molecule has 0 fully saturated rings. The Morgan fingerprint density at radius 3 is 0.758 bits per heavy atom. The van der Waals surface area contributed by atoms with Crippen molar-refractivity contribution in [2.75, 3.05) is 0 Å². The number of benzene rings is 24. The monoisotopic (exact) mass is 1590 g/mol. The molecule has 2 N–H and O–H groups in total. The fraction of sp³-hybridized carbons (Fsp3) is 0. The molecule has 0 unspecified atom stereocenters. The molecule has 0 atom stereocenters. The van der Waals surface area contributed by atoms with Crippen LogP contribution in [0.2, 0.25) is 0 Å². The third kappa shape index (κ3) is 12.4. The fourth-order valence-corrected chi connectivity index (χ4v) is 19.9. The van der Waals surface area contributed by atoms with E-state index in [4.69, 9.17) is 0 Å². The summed E-state index contributed by atoms with van der Waals surface area (Å²) in [6.45, 7) is 0. The van der Waals surface area contributed by atoms with Gasteiger partial charge in [-0.1, -0.05) is 398 Å². The Hall–Kier alpha value is -14.6. The molecule has 560 valence electrons. The summed E-state index contributed by atoms with van der Waals surface area (Å²) in [4.78, 5) is 0. The van der Waals surface area contributed by atoms with Gasteiger partial charge in [-0.3, -0.25) is 0 Å². The molecule has 4 heteroatoms. The molecule has 0 spiro atoms. The SMILES string of the molecule is Brc1cccc(-c2cc3c4ccccc4c4ccccc4c3c3ccccc23)c1.OB(O)c1c2ccccc2c(-c2cccc(-c3ccc4ccccc4c3)c2)c2ccccc12.c1cc(-c2ccc3ccccc3c2)cc(-c2c3ccccc3c(-c3cccc(-c4cc5c6ccccc6c6ccccc6c5c5ccccc45)c3)c3ccccc23)c1. The van der Waals surface area contributed by atoms with Crippen LogP contribution in [0.1, 0.15) is 0 Å². The molecule has 0 amide bonds. The summed E-state index contributed by atoms with van der Waals surface area (Å²) < 4.78 is 1.10. The lowest BCUT2D eigenvalue weighted by molar-refractivity contribution is 0.426. The molecular formula is C116H74BBrO2. The van der Waals surface area contributed by atoms with Gasteiger partial charge in [-0.2, -0.15) is 0 Å². The van der Waals surface area contributed by atoms with Crippen LogP contribution in [-0.2, 0) is 0 Å². The first-order valence-corrected chi connectivity index (χ1v) is 41.9. The fourth-order valence-electron chi connectivity index (χ4n) is 19.5. The molecular weight excluding hydrogens is 1520 g/mol. The van der Waals surface area contributed by atoms with E-state index in [9.17, 15) is 10.0 Å². The average Bonchev–Trinajstić information content (AvgIpc) is 0.682. The van der Waals surface area contributed by atoms with Crippen molar-refractivity contribution < 1.29 is 10.0 Å². The Balaban J connectivity index is 0.000000118. The van der Waals surface area contributed by atoms with Gasteiger partial charge in [-0.25, -0.2) is 0 Å². The average molecular weight is 1590 g/mol. The van der Waals surface area contributed by atoms with Gasteiger partial charge in [0.1, 0.15) is 0 Å². The van der Waals surface area contributed by atoms with E-state index in [0.29, 0.717) is 5.46 Å². The predicted octanol–water partition coefficient (Wildman–Crippen LogP) is 31.3. The zero-order chi connectivity index (χ0) is 79.9.